The molecule has 0 radical (unpaired) electrons. The molecule has 0 aromatic heterocycles. The summed E-state index contributed by atoms with van der Waals surface area (Å²) < 4.78 is 33.6. The van der Waals surface area contributed by atoms with E-state index in [1.807, 2.05) is 91.0 Å². The quantitative estimate of drug-likeness (QED) is 0.0976. The average Bonchev–Trinajstić information content (AvgIpc) is 3.14. The third kappa shape index (κ3) is 10.3. The van der Waals surface area contributed by atoms with Gasteiger partial charge >= 0.3 is 0 Å². The summed E-state index contributed by atoms with van der Waals surface area (Å²) in [7, 11) is 3.33. The number of ether oxygens (including phenoxy) is 5. The summed E-state index contributed by atoms with van der Waals surface area (Å²) in [5.41, 5.74) is 4.01. The largest absolute Gasteiger partial charge is 0.374 e. The highest BCUT2D eigenvalue weighted by atomic mass is 33.1. The molecule has 0 amide bonds. The Morgan fingerprint density at radius 1 is 0.447 bits per heavy atom. The Morgan fingerprint density at radius 2 is 0.851 bits per heavy atom. The van der Waals surface area contributed by atoms with Gasteiger partial charge in [0.15, 0.2) is 0 Å². The topological polar surface area (TPSA) is 46.2 Å². The van der Waals surface area contributed by atoms with Gasteiger partial charge in [0.05, 0.1) is 33.0 Å². The summed E-state index contributed by atoms with van der Waals surface area (Å²) in [5, 5.41) is 0. The van der Waals surface area contributed by atoms with Gasteiger partial charge in [-0.15, -0.1) is 0 Å². The van der Waals surface area contributed by atoms with Crippen molar-refractivity contribution in [2.75, 3.05) is 6.61 Å². The van der Waals surface area contributed by atoms with E-state index in [4.69, 9.17) is 23.7 Å². The van der Waals surface area contributed by atoms with E-state index in [9.17, 15) is 0 Å². The first-order chi connectivity index (χ1) is 23.3. The Balaban J connectivity index is 1.29. The van der Waals surface area contributed by atoms with E-state index in [-0.39, 0.29) is 5.44 Å². The van der Waals surface area contributed by atoms with Crippen LogP contribution in [0.4, 0.5) is 0 Å². The minimum atomic E-state index is -0.450. The van der Waals surface area contributed by atoms with Gasteiger partial charge in [0.1, 0.15) is 29.9 Å². The molecule has 0 bridgehead atoms. The van der Waals surface area contributed by atoms with Crippen molar-refractivity contribution in [3.05, 3.63) is 174 Å². The molecule has 7 heteroatoms. The molecular formula is C40H40O5S2. The SMILES string of the molecule is c1ccc(COC[C@H]2OC(SSc3ccccc3)[C@H](OCc3ccccc3)[C@@H](OCc3ccccc3)[C@@H]2OCc2ccccc2)cc1. The average molecular weight is 665 g/mol. The van der Waals surface area contributed by atoms with Gasteiger partial charge in [0.25, 0.3) is 0 Å². The zero-order valence-corrected chi connectivity index (χ0v) is 27.8. The van der Waals surface area contributed by atoms with Gasteiger partial charge in [0.2, 0.25) is 0 Å². The maximum atomic E-state index is 6.92. The summed E-state index contributed by atoms with van der Waals surface area (Å²) in [6, 6.07) is 51.2. The molecule has 6 rings (SSSR count). The molecule has 242 valence electrons. The minimum absolute atomic E-state index is 0.345. The fourth-order valence-corrected chi connectivity index (χ4v) is 7.82. The van der Waals surface area contributed by atoms with Crippen molar-refractivity contribution in [1.29, 1.82) is 0 Å². The van der Waals surface area contributed by atoms with Gasteiger partial charge in [0, 0.05) is 4.90 Å². The lowest BCUT2D eigenvalue weighted by molar-refractivity contribution is -0.254. The van der Waals surface area contributed by atoms with Crippen molar-refractivity contribution in [3.63, 3.8) is 0 Å². The van der Waals surface area contributed by atoms with E-state index in [1.54, 1.807) is 21.6 Å². The summed E-state index contributed by atoms with van der Waals surface area (Å²) in [6.45, 7) is 2.08. The predicted octanol–water partition coefficient (Wildman–Crippen LogP) is 9.12. The molecule has 0 aliphatic carbocycles. The van der Waals surface area contributed by atoms with Gasteiger partial charge in [-0.1, -0.05) is 161 Å². The second kappa shape index (κ2) is 18.2. The number of hydrogen-bond donors (Lipinski definition) is 0. The smallest absolute Gasteiger partial charge is 0.142 e. The zero-order chi connectivity index (χ0) is 31.9. The first-order valence-electron chi connectivity index (χ1n) is 15.9. The molecule has 47 heavy (non-hydrogen) atoms. The lowest BCUT2D eigenvalue weighted by Gasteiger charge is -2.45. The van der Waals surface area contributed by atoms with Gasteiger partial charge in [-0.3, -0.25) is 0 Å². The molecule has 1 fully saturated rings. The molecule has 0 spiro atoms. The Hall–Kier alpha value is -3.40. The van der Waals surface area contributed by atoms with Crippen LogP contribution in [0.5, 0.6) is 0 Å². The third-order valence-electron chi connectivity index (χ3n) is 7.82. The van der Waals surface area contributed by atoms with Crippen molar-refractivity contribution >= 4 is 21.6 Å². The first kappa shape index (κ1) is 33.5. The third-order valence-corrected chi connectivity index (χ3v) is 10.4. The monoisotopic (exact) mass is 664 g/mol. The maximum absolute atomic E-state index is 6.92. The molecule has 5 aromatic rings. The molecule has 0 saturated carbocycles. The standard InChI is InChI=1S/C40H40O5S2/c1-6-16-31(17-7-1)26-41-30-36-37(42-27-32-18-8-2-9-19-32)38(43-28-33-20-10-3-11-21-33)39(44-29-34-22-12-4-13-23-34)40(45-36)47-46-35-24-14-5-15-25-35/h1-25,36-40H,26-30H2/t36-,37-,38+,39-,40?/m1/s1. The van der Waals surface area contributed by atoms with Gasteiger partial charge in [-0.2, -0.15) is 0 Å². The van der Waals surface area contributed by atoms with Crippen molar-refractivity contribution in [1.82, 2.24) is 0 Å². The first-order valence-corrected chi connectivity index (χ1v) is 18.2. The number of benzene rings is 5. The molecule has 5 aromatic carbocycles. The molecule has 1 heterocycles. The normalized spacial score (nSPS) is 21.0. The van der Waals surface area contributed by atoms with Crippen LogP contribution in [-0.2, 0) is 50.1 Å². The zero-order valence-electron chi connectivity index (χ0n) is 26.2. The fourth-order valence-electron chi connectivity index (χ4n) is 5.40. The summed E-state index contributed by atoms with van der Waals surface area (Å²) >= 11 is 0. The van der Waals surface area contributed by atoms with E-state index in [0.29, 0.717) is 33.0 Å². The van der Waals surface area contributed by atoms with Crippen LogP contribution in [0.1, 0.15) is 22.3 Å². The van der Waals surface area contributed by atoms with E-state index >= 15 is 0 Å². The highest BCUT2D eigenvalue weighted by Gasteiger charge is 2.49. The molecular weight excluding hydrogens is 625 g/mol. The second-order valence-corrected chi connectivity index (χ2v) is 13.7. The van der Waals surface area contributed by atoms with Crippen LogP contribution in [0.25, 0.3) is 0 Å². The van der Waals surface area contributed by atoms with Crippen LogP contribution in [0.3, 0.4) is 0 Å². The van der Waals surface area contributed by atoms with Crippen LogP contribution in [0, 0.1) is 0 Å². The molecule has 1 aliphatic rings. The Labute approximate surface area is 286 Å². The molecule has 1 unspecified atom stereocenters. The summed E-state index contributed by atoms with van der Waals surface area (Å²) in [6.07, 6.45) is -1.70. The second-order valence-electron chi connectivity index (χ2n) is 11.3. The highest BCUT2D eigenvalue weighted by Crippen LogP contribution is 2.42. The number of hydrogen-bond acceptors (Lipinski definition) is 7. The molecule has 5 atom stereocenters. The molecule has 1 saturated heterocycles. The Kier molecular flexibility index (Phi) is 13.0. The Bertz CT molecular complexity index is 1560. The Morgan fingerprint density at radius 3 is 1.34 bits per heavy atom. The van der Waals surface area contributed by atoms with Crippen LogP contribution in [-0.4, -0.2) is 36.5 Å². The van der Waals surface area contributed by atoms with Crippen molar-refractivity contribution in [2.24, 2.45) is 0 Å². The van der Waals surface area contributed by atoms with Crippen LogP contribution < -0.4 is 0 Å². The minimum Gasteiger partial charge on any atom is -0.374 e. The van der Waals surface area contributed by atoms with Crippen LogP contribution in [0.2, 0.25) is 0 Å². The van der Waals surface area contributed by atoms with Gasteiger partial charge < -0.3 is 23.7 Å². The van der Waals surface area contributed by atoms with E-state index in [1.165, 1.54) is 0 Å². The number of rotatable bonds is 16. The molecule has 0 N–H and O–H groups in total. The maximum Gasteiger partial charge on any atom is 0.142 e. The van der Waals surface area contributed by atoms with Crippen molar-refractivity contribution in [2.45, 2.75) is 61.2 Å². The lowest BCUT2D eigenvalue weighted by Crippen LogP contribution is -2.60. The van der Waals surface area contributed by atoms with E-state index in [2.05, 4.69) is 60.7 Å². The van der Waals surface area contributed by atoms with E-state index in [0.717, 1.165) is 27.1 Å². The van der Waals surface area contributed by atoms with Crippen LogP contribution in [0.15, 0.2) is 157 Å². The predicted molar refractivity (Wildman–Crippen MR) is 190 cm³/mol. The fraction of sp³-hybridized carbons (Fsp3) is 0.250. The summed E-state index contributed by atoms with van der Waals surface area (Å²) in [4.78, 5) is 1.14. The molecule has 1 aliphatic heterocycles. The molecule has 5 nitrogen and oxygen atoms in total. The van der Waals surface area contributed by atoms with Gasteiger partial charge in [-0.25, -0.2) is 0 Å². The van der Waals surface area contributed by atoms with Crippen LogP contribution >= 0.6 is 21.6 Å². The van der Waals surface area contributed by atoms with E-state index < -0.39 is 24.4 Å². The lowest BCUT2D eigenvalue weighted by atomic mass is 9.98. The van der Waals surface area contributed by atoms with Crippen molar-refractivity contribution in [3.8, 4) is 0 Å². The van der Waals surface area contributed by atoms with Gasteiger partial charge in [-0.05, 0) is 34.4 Å². The highest BCUT2D eigenvalue weighted by molar-refractivity contribution is 8.76. The van der Waals surface area contributed by atoms with Crippen molar-refractivity contribution < 1.29 is 23.7 Å². The summed E-state index contributed by atoms with van der Waals surface area (Å²) in [5.74, 6) is 0.